The Balaban J connectivity index is 1.81. The smallest absolute Gasteiger partial charge is 0.194 e. The van der Waals surface area contributed by atoms with Crippen molar-refractivity contribution in [3.05, 3.63) is 23.0 Å². The van der Waals surface area contributed by atoms with E-state index in [0.29, 0.717) is 6.04 Å². The fourth-order valence-electron chi connectivity index (χ4n) is 1.75. The van der Waals surface area contributed by atoms with E-state index in [9.17, 15) is 0 Å². The fraction of sp³-hybridized carbons (Fsp3) is 0.500. The topological polar surface area (TPSA) is 38.6 Å². The Morgan fingerprint density at radius 2 is 2.53 bits per heavy atom. The van der Waals surface area contributed by atoms with Crippen LogP contribution < -0.4 is 5.32 Å². The molecular weight excluding hydrogens is 210 g/mol. The standard InChI is InChI=1S/C10H13N3OS/c1-7-9(4-11-8-5-14-6-8)13-2-3-15-10(13)12-7/h2-3,8,11H,4-6H2,1H3. The van der Waals surface area contributed by atoms with Crippen molar-refractivity contribution in [2.75, 3.05) is 13.2 Å². The molecular formula is C10H13N3OS. The first-order chi connectivity index (χ1) is 7.34. The van der Waals surface area contributed by atoms with Crippen LogP contribution in [0.25, 0.3) is 4.96 Å². The summed E-state index contributed by atoms with van der Waals surface area (Å²) >= 11 is 1.68. The van der Waals surface area contributed by atoms with Gasteiger partial charge in [0.2, 0.25) is 0 Å². The second-order valence-corrected chi connectivity index (χ2v) is 4.69. The van der Waals surface area contributed by atoms with E-state index in [0.717, 1.165) is 30.4 Å². The van der Waals surface area contributed by atoms with Gasteiger partial charge in [0.15, 0.2) is 4.96 Å². The molecule has 2 aromatic rings. The van der Waals surface area contributed by atoms with Crippen LogP contribution in [0.3, 0.4) is 0 Å². The first-order valence-electron chi connectivity index (χ1n) is 5.07. The SMILES string of the molecule is Cc1nc2sccn2c1CNC1COC1. The third-order valence-corrected chi connectivity index (χ3v) is 3.51. The summed E-state index contributed by atoms with van der Waals surface area (Å²) in [4.78, 5) is 5.58. The molecule has 0 radical (unpaired) electrons. The van der Waals surface area contributed by atoms with Gasteiger partial charge >= 0.3 is 0 Å². The van der Waals surface area contributed by atoms with E-state index >= 15 is 0 Å². The Hall–Kier alpha value is -0.910. The number of aromatic nitrogens is 2. The lowest BCUT2D eigenvalue weighted by Crippen LogP contribution is -2.45. The van der Waals surface area contributed by atoms with E-state index < -0.39 is 0 Å². The number of nitrogens with one attached hydrogen (secondary N) is 1. The number of fused-ring (bicyclic) bond motifs is 1. The molecule has 3 rings (SSSR count). The van der Waals surface area contributed by atoms with Crippen LogP contribution in [0.5, 0.6) is 0 Å². The molecule has 3 heterocycles. The van der Waals surface area contributed by atoms with Crippen LogP contribution in [0.4, 0.5) is 0 Å². The van der Waals surface area contributed by atoms with Crippen molar-refractivity contribution < 1.29 is 4.74 Å². The van der Waals surface area contributed by atoms with E-state index in [4.69, 9.17) is 4.74 Å². The highest BCUT2D eigenvalue weighted by atomic mass is 32.1. The van der Waals surface area contributed by atoms with Gasteiger partial charge < -0.3 is 10.1 Å². The maximum atomic E-state index is 5.12. The van der Waals surface area contributed by atoms with Crippen LogP contribution in [0.15, 0.2) is 11.6 Å². The first kappa shape index (κ1) is 9.33. The highest BCUT2D eigenvalue weighted by Crippen LogP contribution is 2.16. The molecule has 1 N–H and O–H groups in total. The Kier molecular flexibility index (Phi) is 2.23. The van der Waals surface area contributed by atoms with Crippen molar-refractivity contribution in [1.29, 1.82) is 0 Å². The summed E-state index contributed by atoms with van der Waals surface area (Å²) in [6.45, 7) is 4.61. The van der Waals surface area contributed by atoms with Crippen LogP contribution in [0.1, 0.15) is 11.4 Å². The Morgan fingerprint density at radius 1 is 1.67 bits per heavy atom. The molecule has 0 saturated carbocycles. The van der Waals surface area contributed by atoms with Gasteiger partial charge in [-0.3, -0.25) is 4.40 Å². The van der Waals surface area contributed by atoms with Crippen LogP contribution in [0.2, 0.25) is 0 Å². The van der Waals surface area contributed by atoms with Crippen molar-refractivity contribution in [3.8, 4) is 0 Å². The number of hydrogen-bond donors (Lipinski definition) is 1. The van der Waals surface area contributed by atoms with Crippen LogP contribution in [0, 0.1) is 6.92 Å². The molecule has 2 aromatic heterocycles. The fourth-order valence-corrected chi connectivity index (χ4v) is 2.53. The predicted molar refractivity (Wildman–Crippen MR) is 59.3 cm³/mol. The van der Waals surface area contributed by atoms with Gasteiger partial charge in [-0.25, -0.2) is 4.98 Å². The molecule has 1 fully saturated rings. The molecule has 0 atom stereocenters. The summed E-state index contributed by atoms with van der Waals surface area (Å²) in [5.74, 6) is 0. The highest BCUT2D eigenvalue weighted by molar-refractivity contribution is 7.15. The summed E-state index contributed by atoms with van der Waals surface area (Å²) < 4.78 is 7.28. The molecule has 0 spiro atoms. The van der Waals surface area contributed by atoms with Crippen molar-refractivity contribution in [3.63, 3.8) is 0 Å². The van der Waals surface area contributed by atoms with E-state index in [1.807, 2.05) is 0 Å². The molecule has 1 aliphatic rings. The second-order valence-electron chi connectivity index (χ2n) is 3.81. The number of aryl methyl sites for hydroxylation is 1. The number of thiazole rings is 1. The largest absolute Gasteiger partial charge is 0.378 e. The van der Waals surface area contributed by atoms with Gasteiger partial charge in [0.25, 0.3) is 0 Å². The molecule has 0 aliphatic carbocycles. The van der Waals surface area contributed by atoms with Gasteiger partial charge in [-0.05, 0) is 6.92 Å². The minimum absolute atomic E-state index is 0.522. The van der Waals surface area contributed by atoms with Crippen LogP contribution in [-0.4, -0.2) is 28.6 Å². The van der Waals surface area contributed by atoms with Crippen molar-refractivity contribution in [2.45, 2.75) is 19.5 Å². The van der Waals surface area contributed by atoms with Gasteiger partial charge in [-0.1, -0.05) is 0 Å². The Labute approximate surface area is 91.9 Å². The summed E-state index contributed by atoms with van der Waals surface area (Å²) in [6, 6.07) is 0.522. The second kappa shape index (κ2) is 3.59. The average molecular weight is 223 g/mol. The molecule has 4 nitrogen and oxygen atoms in total. The summed E-state index contributed by atoms with van der Waals surface area (Å²) in [5.41, 5.74) is 2.38. The quantitative estimate of drug-likeness (QED) is 0.849. The van der Waals surface area contributed by atoms with Gasteiger partial charge in [0, 0.05) is 18.1 Å². The lowest BCUT2D eigenvalue weighted by atomic mass is 10.2. The van der Waals surface area contributed by atoms with Gasteiger partial charge in [-0.2, -0.15) is 0 Å². The number of ether oxygens (including phenoxy) is 1. The van der Waals surface area contributed by atoms with Gasteiger partial charge in [-0.15, -0.1) is 11.3 Å². The summed E-state index contributed by atoms with van der Waals surface area (Å²) in [6.07, 6.45) is 2.08. The van der Waals surface area contributed by atoms with Crippen molar-refractivity contribution in [1.82, 2.24) is 14.7 Å². The van der Waals surface area contributed by atoms with E-state index in [1.165, 1.54) is 5.69 Å². The molecule has 0 unspecified atom stereocenters. The predicted octanol–water partition coefficient (Wildman–Crippen LogP) is 1.19. The number of rotatable bonds is 3. The molecule has 15 heavy (non-hydrogen) atoms. The van der Waals surface area contributed by atoms with Crippen LogP contribution >= 0.6 is 11.3 Å². The molecule has 80 valence electrons. The zero-order valence-electron chi connectivity index (χ0n) is 8.56. The molecule has 1 aliphatic heterocycles. The third kappa shape index (κ3) is 1.56. The van der Waals surface area contributed by atoms with Crippen molar-refractivity contribution >= 4 is 16.3 Å². The van der Waals surface area contributed by atoms with E-state index in [2.05, 4.69) is 33.2 Å². The normalized spacial score (nSPS) is 17.1. The minimum atomic E-state index is 0.522. The lowest BCUT2D eigenvalue weighted by Gasteiger charge is -2.26. The minimum Gasteiger partial charge on any atom is -0.378 e. The monoisotopic (exact) mass is 223 g/mol. The molecule has 1 saturated heterocycles. The van der Waals surface area contributed by atoms with Gasteiger partial charge in [0.1, 0.15) is 0 Å². The molecule has 5 heteroatoms. The first-order valence-corrected chi connectivity index (χ1v) is 5.95. The zero-order valence-corrected chi connectivity index (χ0v) is 9.38. The zero-order chi connectivity index (χ0) is 10.3. The molecule has 0 aromatic carbocycles. The Morgan fingerprint density at radius 3 is 3.27 bits per heavy atom. The molecule has 0 bridgehead atoms. The maximum Gasteiger partial charge on any atom is 0.194 e. The van der Waals surface area contributed by atoms with Gasteiger partial charge in [0.05, 0.1) is 30.6 Å². The third-order valence-electron chi connectivity index (χ3n) is 2.76. The number of imidazole rings is 1. The number of nitrogens with zero attached hydrogens (tertiary/aromatic N) is 2. The van der Waals surface area contributed by atoms with E-state index in [-0.39, 0.29) is 0 Å². The molecule has 0 amide bonds. The summed E-state index contributed by atoms with van der Waals surface area (Å²) in [7, 11) is 0. The highest BCUT2D eigenvalue weighted by Gasteiger charge is 2.18. The average Bonchev–Trinajstić information content (AvgIpc) is 2.65. The van der Waals surface area contributed by atoms with Crippen LogP contribution in [-0.2, 0) is 11.3 Å². The lowest BCUT2D eigenvalue weighted by molar-refractivity contribution is -0.00595. The Bertz CT molecular complexity index is 472. The maximum absolute atomic E-state index is 5.12. The van der Waals surface area contributed by atoms with E-state index in [1.54, 1.807) is 11.3 Å². The number of hydrogen-bond acceptors (Lipinski definition) is 4. The summed E-state index contributed by atoms with van der Waals surface area (Å²) in [5, 5.41) is 5.53. The van der Waals surface area contributed by atoms with Crippen molar-refractivity contribution in [2.24, 2.45) is 0 Å².